The van der Waals surface area contributed by atoms with E-state index in [4.69, 9.17) is 9.47 Å². The van der Waals surface area contributed by atoms with Gasteiger partial charge in [0.05, 0.1) is 25.5 Å². The molecule has 0 saturated heterocycles. The van der Waals surface area contributed by atoms with Crippen LogP contribution in [0.2, 0.25) is 0 Å². The highest BCUT2D eigenvalue weighted by Crippen LogP contribution is 2.32. The van der Waals surface area contributed by atoms with E-state index in [2.05, 4.69) is 5.32 Å². The van der Waals surface area contributed by atoms with Crippen molar-refractivity contribution in [3.05, 3.63) is 59.5 Å². The average molecular weight is 410 g/mol. The number of carbonyl (C=O) groups is 3. The molecule has 1 aliphatic heterocycles. The number of anilines is 2. The van der Waals surface area contributed by atoms with Crippen LogP contribution in [0.1, 0.15) is 31.2 Å². The Morgan fingerprint density at radius 1 is 1.03 bits per heavy atom. The molecule has 0 radical (unpaired) electrons. The maximum Gasteiger partial charge on any atom is 0.355 e. The lowest BCUT2D eigenvalue weighted by molar-refractivity contribution is -0.139. The fourth-order valence-electron chi connectivity index (χ4n) is 3.73. The molecule has 1 aliphatic carbocycles. The molecular formula is C23H26N2O5. The van der Waals surface area contributed by atoms with Gasteiger partial charge in [0, 0.05) is 17.8 Å². The lowest BCUT2D eigenvalue weighted by Gasteiger charge is -2.25. The van der Waals surface area contributed by atoms with Gasteiger partial charge in [-0.3, -0.25) is 4.79 Å². The first-order valence-corrected chi connectivity index (χ1v) is 9.92. The quantitative estimate of drug-likeness (QED) is 0.747. The number of methoxy groups -OCH3 is 2. The maximum atomic E-state index is 12.6. The van der Waals surface area contributed by atoms with Gasteiger partial charge in [-0.2, -0.15) is 0 Å². The average Bonchev–Trinajstić information content (AvgIpc) is 3.21. The molecule has 0 spiro atoms. The maximum absolute atomic E-state index is 12.6. The smallest absolute Gasteiger partial charge is 0.355 e. The Balaban J connectivity index is 2.02. The Morgan fingerprint density at radius 2 is 1.73 bits per heavy atom. The van der Waals surface area contributed by atoms with Crippen LogP contribution >= 0.6 is 0 Å². The minimum absolute atomic E-state index is 0.00867. The molecule has 2 aliphatic rings. The molecule has 3 rings (SSSR count). The van der Waals surface area contributed by atoms with Gasteiger partial charge in [0.15, 0.2) is 0 Å². The minimum atomic E-state index is -0.675. The van der Waals surface area contributed by atoms with Crippen molar-refractivity contribution in [3.63, 3.8) is 0 Å². The molecule has 7 heteroatoms. The summed E-state index contributed by atoms with van der Waals surface area (Å²) in [5.74, 6) is -1.28. The van der Waals surface area contributed by atoms with Crippen molar-refractivity contribution in [1.29, 1.82) is 0 Å². The van der Waals surface area contributed by atoms with Gasteiger partial charge in [0.25, 0.3) is 0 Å². The number of allylic oxidation sites excluding steroid dienone is 2. The van der Waals surface area contributed by atoms with Crippen molar-refractivity contribution in [2.24, 2.45) is 5.92 Å². The molecule has 1 saturated carbocycles. The first kappa shape index (κ1) is 21.4. The highest BCUT2D eigenvalue weighted by molar-refractivity contribution is 6.05. The van der Waals surface area contributed by atoms with Gasteiger partial charge in [-0.1, -0.05) is 25.0 Å². The molecule has 0 unspecified atom stereocenters. The Hall–Kier alpha value is -3.35. The molecule has 1 fully saturated rings. The van der Waals surface area contributed by atoms with E-state index in [9.17, 15) is 14.4 Å². The number of benzene rings is 1. The molecule has 0 atom stereocenters. The third-order valence-electron chi connectivity index (χ3n) is 5.35. The van der Waals surface area contributed by atoms with Gasteiger partial charge in [0.2, 0.25) is 5.91 Å². The van der Waals surface area contributed by atoms with Crippen LogP contribution in [-0.2, 0) is 23.9 Å². The summed E-state index contributed by atoms with van der Waals surface area (Å²) in [6.07, 6.45) is 10.5. The van der Waals surface area contributed by atoms with Crippen LogP contribution in [0.15, 0.2) is 53.9 Å². The highest BCUT2D eigenvalue weighted by atomic mass is 16.5. The number of aryl methyl sites for hydroxylation is 1. The zero-order valence-electron chi connectivity index (χ0n) is 17.4. The largest absolute Gasteiger partial charge is 0.465 e. The molecule has 158 valence electrons. The minimum Gasteiger partial charge on any atom is -0.465 e. The predicted molar refractivity (Wildman–Crippen MR) is 114 cm³/mol. The van der Waals surface area contributed by atoms with Crippen molar-refractivity contribution in [2.75, 3.05) is 24.4 Å². The van der Waals surface area contributed by atoms with Gasteiger partial charge < -0.3 is 19.7 Å². The molecule has 1 aromatic rings. The van der Waals surface area contributed by atoms with Gasteiger partial charge in [-0.15, -0.1) is 0 Å². The second kappa shape index (κ2) is 9.43. The van der Waals surface area contributed by atoms with Gasteiger partial charge in [-0.05, 0) is 49.6 Å². The number of rotatable bonds is 5. The lowest BCUT2D eigenvalue weighted by Crippen LogP contribution is -2.27. The summed E-state index contributed by atoms with van der Waals surface area (Å²) >= 11 is 0. The second-order valence-corrected chi connectivity index (χ2v) is 7.29. The molecule has 1 heterocycles. The Labute approximate surface area is 176 Å². The highest BCUT2D eigenvalue weighted by Gasteiger charge is 2.28. The normalized spacial score (nSPS) is 16.4. The summed E-state index contributed by atoms with van der Waals surface area (Å²) in [6, 6.07) is 5.47. The predicted octanol–water partition coefficient (Wildman–Crippen LogP) is 3.61. The fourth-order valence-corrected chi connectivity index (χ4v) is 3.73. The van der Waals surface area contributed by atoms with Gasteiger partial charge >= 0.3 is 11.9 Å². The Morgan fingerprint density at radius 3 is 2.40 bits per heavy atom. The first-order valence-electron chi connectivity index (χ1n) is 9.92. The summed E-state index contributed by atoms with van der Waals surface area (Å²) in [4.78, 5) is 39.1. The molecule has 1 aromatic carbocycles. The Kier molecular flexibility index (Phi) is 6.72. The van der Waals surface area contributed by atoms with Crippen molar-refractivity contribution >= 4 is 29.2 Å². The van der Waals surface area contributed by atoms with E-state index in [1.54, 1.807) is 29.3 Å². The van der Waals surface area contributed by atoms with Crippen LogP contribution in [0.3, 0.4) is 0 Å². The number of ether oxygens (including phenoxy) is 2. The van der Waals surface area contributed by atoms with E-state index in [0.29, 0.717) is 11.4 Å². The van der Waals surface area contributed by atoms with Crippen molar-refractivity contribution in [3.8, 4) is 0 Å². The molecule has 0 bridgehead atoms. The van der Waals surface area contributed by atoms with E-state index in [-0.39, 0.29) is 23.1 Å². The van der Waals surface area contributed by atoms with Crippen LogP contribution in [0.4, 0.5) is 11.4 Å². The number of hydrogen-bond acceptors (Lipinski definition) is 6. The van der Waals surface area contributed by atoms with E-state index in [1.165, 1.54) is 20.3 Å². The van der Waals surface area contributed by atoms with Crippen molar-refractivity contribution in [1.82, 2.24) is 0 Å². The van der Waals surface area contributed by atoms with Gasteiger partial charge in [-0.25, -0.2) is 9.59 Å². The van der Waals surface area contributed by atoms with Crippen LogP contribution in [0, 0.1) is 12.8 Å². The zero-order valence-corrected chi connectivity index (χ0v) is 17.4. The fraction of sp³-hybridized carbons (Fsp3) is 0.348. The van der Waals surface area contributed by atoms with E-state index >= 15 is 0 Å². The van der Waals surface area contributed by atoms with Crippen LogP contribution in [-0.4, -0.2) is 32.1 Å². The standard InChI is InChI=1S/C23H26N2O5/c1-15-11-12-17(24-21(26)16-8-4-5-9-16)14-19(15)25-13-7-6-10-18(22(27)29-2)20(25)23(28)30-3/h6-7,10-14,16H,4-5,8-9H2,1-3H3,(H,24,26). The van der Waals surface area contributed by atoms with Crippen LogP contribution in [0.5, 0.6) is 0 Å². The summed E-state index contributed by atoms with van der Waals surface area (Å²) in [7, 11) is 2.51. The summed E-state index contributed by atoms with van der Waals surface area (Å²) < 4.78 is 9.79. The van der Waals surface area contributed by atoms with Crippen molar-refractivity contribution in [2.45, 2.75) is 32.6 Å². The van der Waals surface area contributed by atoms with E-state index < -0.39 is 11.9 Å². The second-order valence-electron chi connectivity index (χ2n) is 7.29. The van der Waals surface area contributed by atoms with E-state index in [1.807, 2.05) is 19.1 Å². The SMILES string of the molecule is COC(=O)C1=C(C(=O)OC)N(c2cc(NC(=O)C3CCCC3)ccc2C)C=CC=C1. The third-order valence-corrected chi connectivity index (χ3v) is 5.35. The molecule has 1 amide bonds. The number of esters is 2. The first-order chi connectivity index (χ1) is 14.5. The molecule has 0 aromatic heterocycles. The number of nitrogens with one attached hydrogen (secondary N) is 1. The third kappa shape index (κ3) is 4.45. The lowest BCUT2D eigenvalue weighted by atomic mass is 10.1. The molecule has 30 heavy (non-hydrogen) atoms. The van der Waals surface area contributed by atoms with Gasteiger partial charge in [0.1, 0.15) is 5.70 Å². The van der Waals surface area contributed by atoms with Crippen LogP contribution < -0.4 is 10.2 Å². The summed E-state index contributed by atoms with van der Waals surface area (Å²) in [6.45, 7) is 1.89. The number of hydrogen-bond donors (Lipinski definition) is 1. The molecule has 7 nitrogen and oxygen atoms in total. The molecular weight excluding hydrogens is 384 g/mol. The zero-order chi connectivity index (χ0) is 21.7. The summed E-state index contributed by atoms with van der Waals surface area (Å²) in [5, 5.41) is 2.98. The number of nitrogens with zero attached hydrogens (tertiary/aromatic N) is 1. The monoisotopic (exact) mass is 410 g/mol. The number of amides is 1. The van der Waals surface area contributed by atoms with Crippen LogP contribution in [0.25, 0.3) is 0 Å². The van der Waals surface area contributed by atoms with Crippen molar-refractivity contribution < 1.29 is 23.9 Å². The molecule has 1 N–H and O–H groups in total. The number of carbonyl (C=O) groups excluding carboxylic acids is 3. The Bertz CT molecular complexity index is 939. The topological polar surface area (TPSA) is 84.9 Å². The van der Waals surface area contributed by atoms with E-state index in [0.717, 1.165) is 31.2 Å². The summed E-state index contributed by atoms with van der Waals surface area (Å²) in [5.41, 5.74) is 2.24.